The Hall–Kier alpha value is -4.42. The lowest BCUT2D eigenvalue weighted by Crippen LogP contribution is -2.19. The molecule has 8 nitrogen and oxygen atoms in total. The third kappa shape index (κ3) is 5.55. The average Bonchev–Trinajstić information content (AvgIpc) is 3.26. The van der Waals surface area contributed by atoms with Gasteiger partial charge in [-0.15, -0.1) is 0 Å². The molecule has 3 aromatic carbocycles. The van der Waals surface area contributed by atoms with Crippen molar-refractivity contribution in [1.29, 1.82) is 5.26 Å². The van der Waals surface area contributed by atoms with Gasteiger partial charge in [0.2, 0.25) is 5.78 Å². The molecule has 0 aliphatic carbocycles. The number of ether oxygens (including phenoxy) is 1. The minimum atomic E-state index is -3.98. The van der Waals surface area contributed by atoms with Gasteiger partial charge in [-0.25, -0.2) is 13.2 Å². The van der Waals surface area contributed by atoms with Crippen LogP contribution in [0.2, 0.25) is 0 Å². The van der Waals surface area contributed by atoms with E-state index in [2.05, 4.69) is 10.8 Å². The van der Waals surface area contributed by atoms with E-state index in [0.29, 0.717) is 23.1 Å². The van der Waals surface area contributed by atoms with Crippen LogP contribution in [0.5, 0.6) is 0 Å². The normalized spacial score (nSPS) is 11.2. The summed E-state index contributed by atoms with van der Waals surface area (Å²) in [6, 6.07) is 20.6. The highest BCUT2D eigenvalue weighted by molar-refractivity contribution is 7.92. The van der Waals surface area contributed by atoms with Crippen molar-refractivity contribution in [1.82, 2.24) is 4.57 Å². The number of anilines is 1. The second-order valence-electron chi connectivity index (χ2n) is 8.58. The molecule has 0 atom stereocenters. The molecule has 1 aromatic heterocycles. The molecule has 4 rings (SSSR count). The smallest absolute Gasteiger partial charge is 0.340 e. The van der Waals surface area contributed by atoms with Crippen LogP contribution in [-0.4, -0.2) is 31.3 Å². The number of carbonyl (C=O) groups is 2. The Morgan fingerprint density at radius 2 is 1.73 bits per heavy atom. The molecule has 1 N–H and O–H groups in total. The van der Waals surface area contributed by atoms with Crippen LogP contribution in [0, 0.1) is 25.2 Å². The molecule has 0 aliphatic heterocycles. The third-order valence-corrected chi connectivity index (χ3v) is 7.42. The van der Waals surface area contributed by atoms with Gasteiger partial charge in [-0.3, -0.25) is 9.52 Å². The zero-order chi connectivity index (χ0) is 26.6. The van der Waals surface area contributed by atoms with Gasteiger partial charge in [-0.2, -0.15) is 5.26 Å². The van der Waals surface area contributed by atoms with E-state index in [1.54, 1.807) is 56.4 Å². The van der Waals surface area contributed by atoms with E-state index in [9.17, 15) is 18.0 Å². The molecule has 9 heteroatoms. The summed E-state index contributed by atoms with van der Waals surface area (Å²) in [7, 11) is -3.98. The van der Waals surface area contributed by atoms with Gasteiger partial charge < -0.3 is 9.30 Å². The van der Waals surface area contributed by atoms with Gasteiger partial charge in [0.25, 0.3) is 10.0 Å². The summed E-state index contributed by atoms with van der Waals surface area (Å²) in [6.45, 7) is 3.39. The number of hydrogen-bond acceptors (Lipinski definition) is 6. The number of hydrogen-bond donors (Lipinski definition) is 1. The van der Waals surface area contributed by atoms with Crippen LogP contribution in [0.4, 0.5) is 5.69 Å². The number of ketones is 1. The average molecular weight is 516 g/mol. The van der Waals surface area contributed by atoms with E-state index in [0.717, 1.165) is 11.1 Å². The number of nitrogens with zero attached hydrogens (tertiary/aromatic N) is 2. The van der Waals surface area contributed by atoms with Gasteiger partial charge in [0.05, 0.1) is 28.6 Å². The van der Waals surface area contributed by atoms with Crippen LogP contribution in [-0.2, 0) is 21.3 Å². The first-order chi connectivity index (χ1) is 17.7. The molecular formula is C28H25N3O5S. The standard InChI is InChI=1S/C28H25N3O5S/c1-19-12-13-20(2)27(16-19)37(34,35)30-24-10-5-3-9-22(24)28(33)36-18-26(32)23-17-31(15-7-14-29)25-11-6-4-8-21(23)25/h3-6,8-13,16-17,30H,7,15,18H2,1-2H3. The maximum absolute atomic E-state index is 13.1. The number of nitriles is 1. The lowest BCUT2D eigenvalue weighted by molar-refractivity contribution is 0.0476. The number of carbonyl (C=O) groups excluding carboxylic acids is 2. The Morgan fingerprint density at radius 1 is 1.00 bits per heavy atom. The predicted octanol–water partition coefficient (Wildman–Crippen LogP) is 5.01. The van der Waals surface area contributed by atoms with E-state index >= 15 is 0 Å². The SMILES string of the molecule is Cc1ccc(C)c(S(=O)(=O)Nc2ccccc2C(=O)OCC(=O)c2cn(CCC#N)c3ccccc23)c1. The predicted molar refractivity (Wildman–Crippen MR) is 140 cm³/mol. The van der Waals surface area contributed by atoms with E-state index < -0.39 is 28.4 Å². The van der Waals surface area contributed by atoms with Crippen LogP contribution in [0.1, 0.15) is 38.3 Å². The molecule has 0 amide bonds. The summed E-state index contributed by atoms with van der Waals surface area (Å²) in [4.78, 5) is 26.0. The maximum Gasteiger partial charge on any atom is 0.340 e. The monoisotopic (exact) mass is 515 g/mol. The number of rotatable bonds is 9. The van der Waals surface area contributed by atoms with Crippen molar-refractivity contribution in [3.05, 3.63) is 95.2 Å². The highest BCUT2D eigenvalue weighted by atomic mass is 32.2. The summed E-state index contributed by atoms with van der Waals surface area (Å²) < 4.78 is 35.7. The Morgan fingerprint density at radius 3 is 2.51 bits per heavy atom. The molecule has 0 fully saturated rings. The third-order valence-electron chi connectivity index (χ3n) is 5.91. The van der Waals surface area contributed by atoms with Crippen molar-refractivity contribution in [2.75, 3.05) is 11.3 Å². The lowest BCUT2D eigenvalue weighted by atomic mass is 10.1. The fourth-order valence-electron chi connectivity index (χ4n) is 4.06. The number of Topliss-reactive ketones (excluding diaryl/α,β-unsaturated/α-hetero) is 1. The number of fused-ring (bicyclic) bond motifs is 1. The number of benzene rings is 3. The molecule has 1 heterocycles. The molecule has 0 radical (unpaired) electrons. The highest BCUT2D eigenvalue weighted by Gasteiger charge is 2.22. The summed E-state index contributed by atoms with van der Waals surface area (Å²) in [5.74, 6) is -1.24. The summed E-state index contributed by atoms with van der Waals surface area (Å²) in [6.07, 6.45) is 1.94. The van der Waals surface area contributed by atoms with Crippen LogP contribution >= 0.6 is 0 Å². The van der Waals surface area contributed by atoms with Crippen LogP contribution in [0.3, 0.4) is 0 Å². The molecule has 0 aliphatic rings. The van der Waals surface area contributed by atoms with Gasteiger partial charge in [0.15, 0.2) is 6.61 Å². The first kappa shape index (κ1) is 25.7. The van der Waals surface area contributed by atoms with Gasteiger partial charge in [-0.1, -0.05) is 42.5 Å². The van der Waals surface area contributed by atoms with Crippen molar-refractivity contribution in [3.63, 3.8) is 0 Å². The molecule has 188 valence electrons. The van der Waals surface area contributed by atoms with Crippen LogP contribution in [0.25, 0.3) is 10.9 Å². The van der Waals surface area contributed by atoms with Crippen molar-refractivity contribution < 1.29 is 22.7 Å². The zero-order valence-electron chi connectivity index (χ0n) is 20.4. The summed E-state index contributed by atoms with van der Waals surface area (Å²) >= 11 is 0. The second kappa shape index (κ2) is 10.7. The highest BCUT2D eigenvalue weighted by Crippen LogP contribution is 2.25. The fourth-order valence-corrected chi connectivity index (χ4v) is 5.47. The fraction of sp³-hybridized carbons (Fsp3) is 0.179. The van der Waals surface area contributed by atoms with Gasteiger partial charge in [0.1, 0.15) is 0 Å². The van der Waals surface area contributed by atoms with Crippen LogP contribution < -0.4 is 4.72 Å². The van der Waals surface area contributed by atoms with E-state index in [1.165, 1.54) is 12.1 Å². The van der Waals surface area contributed by atoms with E-state index in [1.807, 2.05) is 22.8 Å². The minimum Gasteiger partial charge on any atom is -0.454 e. The number of para-hydroxylation sites is 2. The Balaban J connectivity index is 1.53. The molecule has 0 saturated carbocycles. The Bertz CT molecular complexity index is 1650. The zero-order valence-corrected chi connectivity index (χ0v) is 21.2. The number of sulfonamides is 1. The van der Waals surface area contributed by atoms with Gasteiger partial charge in [-0.05, 0) is 49.2 Å². The number of aromatic nitrogens is 1. The molecular weight excluding hydrogens is 490 g/mol. The second-order valence-corrected chi connectivity index (χ2v) is 10.2. The van der Waals surface area contributed by atoms with Crippen molar-refractivity contribution >= 4 is 38.4 Å². The van der Waals surface area contributed by atoms with Crippen molar-refractivity contribution in [3.8, 4) is 6.07 Å². The summed E-state index contributed by atoms with van der Waals surface area (Å²) in [5.41, 5.74) is 2.57. The molecule has 0 spiro atoms. The van der Waals surface area contributed by atoms with E-state index in [4.69, 9.17) is 10.00 Å². The molecule has 4 aromatic rings. The largest absolute Gasteiger partial charge is 0.454 e. The summed E-state index contributed by atoms with van der Waals surface area (Å²) in [5, 5.41) is 9.62. The van der Waals surface area contributed by atoms with Crippen molar-refractivity contribution in [2.45, 2.75) is 31.7 Å². The van der Waals surface area contributed by atoms with Gasteiger partial charge >= 0.3 is 5.97 Å². The Labute approximate surface area is 215 Å². The maximum atomic E-state index is 13.1. The number of nitrogens with one attached hydrogen (secondary N) is 1. The number of aryl methyl sites for hydroxylation is 3. The lowest BCUT2D eigenvalue weighted by Gasteiger charge is -2.14. The first-order valence-electron chi connectivity index (χ1n) is 11.6. The van der Waals surface area contributed by atoms with E-state index in [-0.39, 0.29) is 22.6 Å². The molecule has 37 heavy (non-hydrogen) atoms. The van der Waals surface area contributed by atoms with Crippen molar-refractivity contribution in [2.24, 2.45) is 0 Å². The van der Waals surface area contributed by atoms with Gasteiger partial charge in [0, 0.05) is 29.2 Å². The quantitative estimate of drug-likeness (QED) is 0.247. The van der Waals surface area contributed by atoms with Crippen LogP contribution in [0.15, 0.2) is 77.8 Å². The molecule has 0 bridgehead atoms. The Kier molecular flexibility index (Phi) is 7.41. The molecule has 0 saturated heterocycles. The first-order valence-corrected chi connectivity index (χ1v) is 13.0. The topological polar surface area (TPSA) is 118 Å². The molecule has 0 unspecified atom stereocenters. The number of esters is 1. The minimum absolute atomic E-state index is 0.0133.